The van der Waals surface area contributed by atoms with Crippen LogP contribution in [-0.2, 0) is 5.41 Å². The Morgan fingerprint density at radius 1 is 0.585 bits per heavy atom. The van der Waals surface area contributed by atoms with Crippen molar-refractivity contribution < 1.29 is 0 Å². The molecule has 1 aliphatic carbocycles. The van der Waals surface area contributed by atoms with Gasteiger partial charge >= 0.3 is 0 Å². The Kier molecular flexibility index (Phi) is 7.03. The molecule has 6 rings (SSSR count). The van der Waals surface area contributed by atoms with Crippen molar-refractivity contribution in [1.29, 1.82) is 0 Å². The molecule has 0 aliphatic heterocycles. The van der Waals surface area contributed by atoms with E-state index in [4.69, 9.17) is 0 Å². The molecule has 0 spiro atoms. The smallest absolute Gasteiger partial charge is 0.0500 e. The molecule has 5 aromatic rings. The van der Waals surface area contributed by atoms with Crippen molar-refractivity contribution in [2.24, 2.45) is 0 Å². The zero-order valence-electron chi connectivity index (χ0n) is 24.0. The predicted molar refractivity (Wildman–Crippen MR) is 176 cm³/mol. The quantitative estimate of drug-likeness (QED) is 0.203. The van der Waals surface area contributed by atoms with E-state index in [2.05, 4.69) is 172 Å². The van der Waals surface area contributed by atoms with E-state index in [0.29, 0.717) is 0 Å². The van der Waals surface area contributed by atoms with Crippen LogP contribution in [0.3, 0.4) is 0 Å². The largest absolute Gasteiger partial charge is 0.310 e. The van der Waals surface area contributed by atoms with E-state index in [-0.39, 0.29) is 5.41 Å². The highest BCUT2D eigenvalue weighted by molar-refractivity contribution is 5.96. The third-order valence-electron chi connectivity index (χ3n) is 8.25. The van der Waals surface area contributed by atoms with Gasteiger partial charge in [-0.15, -0.1) is 0 Å². The highest BCUT2D eigenvalue weighted by atomic mass is 15.2. The summed E-state index contributed by atoms with van der Waals surface area (Å²) in [4.78, 5) is 2.39. The van der Waals surface area contributed by atoms with Crippen molar-refractivity contribution >= 4 is 16.9 Å². The maximum Gasteiger partial charge on any atom is 0.0500 e. The molecular formula is C40H35N. The first-order chi connectivity index (χ1) is 20.0. The van der Waals surface area contributed by atoms with E-state index in [9.17, 15) is 0 Å². The Bertz CT molecular complexity index is 1650. The number of hydrogen-bond acceptors (Lipinski definition) is 1. The fraction of sp³-hybridized carbons (Fsp3) is 0.100. The minimum absolute atomic E-state index is 0.137. The van der Waals surface area contributed by atoms with Crippen molar-refractivity contribution in [1.82, 2.24) is 0 Å². The molecule has 0 saturated heterocycles. The molecule has 0 atom stereocenters. The summed E-state index contributed by atoms with van der Waals surface area (Å²) in [6.45, 7) is 11.0. The lowest BCUT2D eigenvalue weighted by molar-refractivity contribution is 0.654. The van der Waals surface area contributed by atoms with Gasteiger partial charge in [-0.3, -0.25) is 0 Å². The maximum atomic E-state index is 4.28. The summed E-state index contributed by atoms with van der Waals surface area (Å²) in [5, 5.41) is 0. The van der Waals surface area contributed by atoms with Gasteiger partial charge < -0.3 is 4.90 Å². The van der Waals surface area contributed by atoms with Crippen molar-refractivity contribution in [3.05, 3.63) is 175 Å². The lowest BCUT2D eigenvalue weighted by Gasteiger charge is -2.30. The van der Waals surface area contributed by atoms with Crippen LogP contribution in [0.5, 0.6) is 0 Å². The molecule has 0 radical (unpaired) electrons. The van der Waals surface area contributed by atoms with Gasteiger partial charge in [0.05, 0.1) is 5.70 Å². The van der Waals surface area contributed by atoms with Gasteiger partial charge in [0.2, 0.25) is 0 Å². The molecule has 0 bridgehead atoms. The van der Waals surface area contributed by atoms with E-state index >= 15 is 0 Å². The van der Waals surface area contributed by atoms with Crippen LogP contribution in [-0.4, -0.2) is 0 Å². The van der Waals surface area contributed by atoms with Crippen LogP contribution in [0.2, 0.25) is 0 Å². The topological polar surface area (TPSA) is 3.24 Å². The molecule has 200 valence electrons. The van der Waals surface area contributed by atoms with Crippen LogP contribution >= 0.6 is 0 Å². The Morgan fingerprint density at radius 3 is 1.49 bits per heavy atom. The fourth-order valence-electron chi connectivity index (χ4n) is 6.16. The first kappa shape index (κ1) is 26.3. The van der Waals surface area contributed by atoms with E-state index < -0.39 is 0 Å². The third kappa shape index (κ3) is 4.74. The molecule has 1 aliphatic rings. The summed E-state index contributed by atoms with van der Waals surface area (Å²) in [7, 11) is 0. The number of rotatable bonds is 7. The van der Waals surface area contributed by atoms with Gasteiger partial charge in [-0.2, -0.15) is 0 Å². The Hall–Kier alpha value is -4.88. The summed E-state index contributed by atoms with van der Waals surface area (Å²) in [6, 6.07) is 47.7. The van der Waals surface area contributed by atoms with Gasteiger partial charge in [0.15, 0.2) is 0 Å². The summed E-state index contributed by atoms with van der Waals surface area (Å²) in [6.07, 6.45) is 4.29. The minimum Gasteiger partial charge on any atom is -0.310 e. The molecule has 0 amide bonds. The van der Waals surface area contributed by atoms with Crippen molar-refractivity contribution in [3.8, 4) is 22.3 Å². The summed E-state index contributed by atoms with van der Waals surface area (Å²) in [5.74, 6) is 0. The highest BCUT2D eigenvalue weighted by Crippen LogP contribution is 2.51. The lowest BCUT2D eigenvalue weighted by Crippen LogP contribution is -2.19. The average Bonchev–Trinajstić information content (AvgIpc) is 3.26. The predicted octanol–water partition coefficient (Wildman–Crippen LogP) is 11.0. The van der Waals surface area contributed by atoms with Crippen LogP contribution in [0, 0.1) is 0 Å². The lowest BCUT2D eigenvalue weighted by atomic mass is 9.81. The number of anilines is 2. The maximum absolute atomic E-state index is 4.28. The monoisotopic (exact) mass is 529 g/mol. The number of benzene rings is 5. The Morgan fingerprint density at radius 2 is 1.02 bits per heavy atom. The second-order valence-electron chi connectivity index (χ2n) is 11.0. The van der Waals surface area contributed by atoms with Gasteiger partial charge in [-0.25, -0.2) is 0 Å². The number of fused-ring (bicyclic) bond motifs is 1. The molecule has 1 heteroatoms. The summed E-state index contributed by atoms with van der Waals surface area (Å²) >= 11 is 0. The van der Waals surface area contributed by atoms with Crippen LogP contribution < -0.4 is 4.90 Å². The normalized spacial score (nSPS) is 14.1. The molecule has 1 nitrogen and oxygen atoms in total. The Labute approximate surface area is 244 Å². The molecule has 0 fully saturated rings. The Balaban J connectivity index is 1.51. The highest BCUT2D eigenvalue weighted by Gasteiger charge is 2.38. The SMILES string of the molecule is C=CC1=C(/C(=C\C)N(c2ccc(-c3ccccc3)cc2)c2ccc(-c3ccccc3)cc2)c2ccccc2C1(C)C. The molecule has 0 aromatic heterocycles. The summed E-state index contributed by atoms with van der Waals surface area (Å²) in [5.41, 5.74) is 13.2. The molecule has 41 heavy (non-hydrogen) atoms. The van der Waals surface area contributed by atoms with Crippen molar-refractivity contribution in [2.75, 3.05) is 4.90 Å². The van der Waals surface area contributed by atoms with Crippen LogP contribution in [0.25, 0.3) is 27.8 Å². The van der Waals surface area contributed by atoms with Gasteiger partial charge in [0.25, 0.3) is 0 Å². The zero-order chi connectivity index (χ0) is 28.4. The second kappa shape index (κ2) is 10.9. The summed E-state index contributed by atoms with van der Waals surface area (Å²) < 4.78 is 0. The molecule has 0 N–H and O–H groups in total. The van der Waals surface area contributed by atoms with Crippen molar-refractivity contribution in [3.63, 3.8) is 0 Å². The standard InChI is InChI=1S/C40H35N/c1-5-36-39(35-19-13-14-20-37(35)40(36,3)4)38(6-2)41(33-25-21-31(22-26-33)29-15-9-7-10-16-29)34-27-23-32(24-28-34)30-17-11-8-12-18-30/h5-28H,1H2,2-4H3/b38-6+. The second-order valence-corrected chi connectivity index (χ2v) is 11.0. The molecular weight excluding hydrogens is 494 g/mol. The van der Waals surface area contributed by atoms with Crippen LogP contribution in [0.4, 0.5) is 11.4 Å². The van der Waals surface area contributed by atoms with E-state index in [1.165, 1.54) is 44.5 Å². The number of allylic oxidation sites excluding steroid dienone is 4. The van der Waals surface area contributed by atoms with E-state index in [1.54, 1.807) is 0 Å². The van der Waals surface area contributed by atoms with E-state index in [1.807, 2.05) is 6.08 Å². The minimum atomic E-state index is -0.137. The third-order valence-corrected chi connectivity index (χ3v) is 8.25. The molecule has 0 unspecified atom stereocenters. The fourth-order valence-corrected chi connectivity index (χ4v) is 6.16. The van der Waals surface area contributed by atoms with Crippen LogP contribution in [0.1, 0.15) is 31.9 Å². The number of hydrogen-bond donors (Lipinski definition) is 0. The van der Waals surface area contributed by atoms with Gasteiger partial charge in [-0.1, -0.05) is 142 Å². The van der Waals surface area contributed by atoms with Gasteiger partial charge in [0.1, 0.15) is 0 Å². The van der Waals surface area contributed by atoms with E-state index in [0.717, 1.165) is 17.1 Å². The average molecular weight is 530 g/mol. The molecule has 0 saturated carbocycles. The van der Waals surface area contributed by atoms with Gasteiger partial charge in [0, 0.05) is 22.4 Å². The zero-order valence-corrected chi connectivity index (χ0v) is 24.0. The van der Waals surface area contributed by atoms with Crippen molar-refractivity contribution in [2.45, 2.75) is 26.2 Å². The number of nitrogens with zero attached hydrogens (tertiary/aromatic N) is 1. The first-order valence-electron chi connectivity index (χ1n) is 14.3. The first-order valence-corrected chi connectivity index (χ1v) is 14.3. The van der Waals surface area contributed by atoms with Gasteiger partial charge in [-0.05, 0) is 70.1 Å². The molecule has 5 aromatic carbocycles. The molecule has 0 heterocycles. The van der Waals surface area contributed by atoms with Crippen LogP contribution in [0.15, 0.2) is 163 Å².